The Morgan fingerprint density at radius 2 is 1.87 bits per heavy atom. The first kappa shape index (κ1) is 13.7. The standard InChI is InChI=1S/C8H13N2.BF4/c1-3-4-5-10-7-6-9(2)8-10;2-1(3,4)5/h3-4,6-8H,5H2,1-2H3;/q+1;-1. The molecule has 86 valence electrons. The van der Waals surface area contributed by atoms with Crippen molar-refractivity contribution in [1.82, 2.24) is 4.57 Å². The van der Waals surface area contributed by atoms with Crippen LogP contribution >= 0.6 is 0 Å². The quantitative estimate of drug-likeness (QED) is 0.315. The lowest BCUT2D eigenvalue weighted by Crippen LogP contribution is -2.29. The van der Waals surface area contributed by atoms with E-state index in [2.05, 4.69) is 29.2 Å². The molecule has 7 heteroatoms. The van der Waals surface area contributed by atoms with Crippen molar-refractivity contribution >= 4 is 7.25 Å². The number of aryl methyl sites for hydroxylation is 1. The van der Waals surface area contributed by atoms with Crippen LogP contribution in [0.2, 0.25) is 0 Å². The zero-order valence-electron chi connectivity index (χ0n) is 8.58. The fourth-order valence-corrected chi connectivity index (χ4v) is 0.837. The van der Waals surface area contributed by atoms with E-state index in [0.29, 0.717) is 0 Å². The highest BCUT2D eigenvalue weighted by molar-refractivity contribution is 6.50. The average molecular weight is 224 g/mol. The van der Waals surface area contributed by atoms with Crippen LogP contribution in [0.3, 0.4) is 0 Å². The van der Waals surface area contributed by atoms with Crippen LogP contribution in [0.15, 0.2) is 30.9 Å². The normalized spacial score (nSPS) is 11.3. The first-order valence-electron chi connectivity index (χ1n) is 4.32. The third kappa shape index (κ3) is 10.7. The average Bonchev–Trinajstić information content (AvgIpc) is 2.45. The van der Waals surface area contributed by atoms with Gasteiger partial charge in [0.2, 0.25) is 6.33 Å². The highest BCUT2D eigenvalue weighted by atomic mass is 19.5. The van der Waals surface area contributed by atoms with Crippen LogP contribution in [-0.2, 0) is 13.6 Å². The number of nitrogens with zero attached hydrogens (tertiary/aromatic N) is 2. The summed E-state index contributed by atoms with van der Waals surface area (Å²) in [5, 5.41) is 0. The lowest BCUT2D eigenvalue weighted by molar-refractivity contribution is -0.686. The van der Waals surface area contributed by atoms with Crippen LogP contribution in [0.4, 0.5) is 17.3 Å². The molecule has 0 spiro atoms. The first-order chi connectivity index (χ1) is 6.83. The Labute approximate surface area is 85.9 Å². The van der Waals surface area contributed by atoms with E-state index in [9.17, 15) is 17.3 Å². The van der Waals surface area contributed by atoms with Gasteiger partial charge in [0.05, 0.1) is 7.05 Å². The fourth-order valence-electron chi connectivity index (χ4n) is 0.837. The summed E-state index contributed by atoms with van der Waals surface area (Å²) in [4.78, 5) is 0. The molecule has 0 radical (unpaired) electrons. The van der Waals surface area contributed by atoms with Crippen LogP contribution in [0.1, 0.15) is 6.92 Å². The molecule has 2 nitrogen and oxygen atoms in total. The molecular formula is C8H13BF4N2. The molecule has 1 aromatic rings. The second-order valence-corrected chi connectivity index (χ2v) is 2.84. The van der Waals surface area contributed by atoms with Crippen molar-refractivity contribution < 1.29 is 21.8 Å². The van der Waals surface area contributed by atoms with Gasteiger partial charge in [0.15, 0.2) is 0 Å². The van der Waals surface area contributed by atoms with E-state index in [1.54, 1.807) is 0 Å². The molecule has 1 heterocycles. The molecule has 0 saturated heterocycles. The SMILES string of the molecule is CC=CC[n+]1ccn(C)c1.F[B-](F)(F)F. The summed E-state index contributed by atoms with van der Waals surface area (Å²) in [5.41, 5.74) is 0. The molecule has 0 saturated carbocycles. The van der Waals surface area contributed by atoms with Crippen molar-refractivity contribution in [1.29, 1.82) is 0 Å². The van der Waals surface area contributed by atoms with Crippen molar-refractivity contribution in [2.45, 2.75) is 13.5 Å². The molecule has 0 aliphatic heterocycles. The second kappa shape index (κ2) is 6.26. The minimum absolute atomic E-state index is 0.970. The zero-order valence-corrected chi connectivity index (χ0v) is 8.58. The van der Waals surface area contributed by atoms with Crippen molar-refractivity contribution in [2.24, 2.45) is 7.05 Å². The van der Waals surface area contributed by atoms with Gasteiger partial charge in [0.1, 0.15) is 18.9 Å². The monoisotopic (exact) mass is 224 g/mol. The molecule has 0 aromatic carbocycles. The molecule has 0 fully saturated rings. The minimum atomic E-state index is -6.00. The van der Waals surface area contributed by atoms with E-state index in [0.717, 1.165) is 6.54 Å². The molecule has 0 amide bonds. The van der Waals surface area contributed by atoms with E-state index in [-0.39, 0.29) is 0 Å². The number of allylic oxidation sites excluding steroid dienone is 2. The van der Waals surface area contributed by atoms with Crippen LogP contribution < -0.4 is 4.57 Å². The van der Waals surface area contributed by atoms with E-state index >= 15 is 0 Å². The van der Waals surface area contributed by atoms with E-state index in [1.165, 1.54) is 0 Å². The number of hydrogen-bond acceptors (Lipinski definition) is 0. The van der Waals surface area contributed by atoms with Crippen molar-refractivity contribution in [2.75, 3.05) is 0 Å². The first-order valence-corrected chi connectivity index (χ1v) is 4.32. The Morgan fingerprint density at radius 3 is 2.20 bits per heavy atom. The zero-order chi connectivity index (χ0) is 11.9. The Hall–Kier alpha value is -1.27. The third-order valence-corrected chi connectivity index (χ3v) is 1.38. The molecule has 0 aliphatic carbocycles. The highest BCUT2D eigenvalue weighted by Gasteiger charge is 2.20. The van der Waals surface area contributed by atoms with Gasteiger partial charge in [-0.1, -0.05) is 6.08 Å². The van der Waals surface area contributed by atoms with Gasteiger partial charge in [0.25, 0.3) is 0 Å². The Bertz CT molecular complexity index is 300. The van der Waals surface area contributed by atoms with E-state index < -0.39 is 7.25 Å². The van der Waals surface area contributed by atoms with Crippen molar-refractivity contribution in [3.05, 3.63) is 30.9 Å². The maximum atomic E-state index is 9.75. The van der Waals surface area contributed by atoms with E-state index in [4.69, 9.17) is 0 Å². The number of halogens is 4. The Morgan fingerprint density at radius 1 is 1.33 bits per heavy atom. The summed E-state index contributed by atoms with van der Waals surface area (Å²) in [5.74, 6) is 0. The molecule has 0 aliphatic rings. The van der Waals surface area contributed by atoms with Gasteiger partial charge >= 0.3 is 7.25 Å². The van der Waals surface area contributed by atoms with Crippen molar-refractivity contribution in [3.63, 3.8) is 0 Å². The van der Waals surface area contributed by atoms with Crippen molar-refractivity contribution in [3.8, 4) is 0 Å². The lowest BCUT2D eigenvalue weighted by Gasteiger charge is -1.94. The van der Waals surface area contributed by atoms with Gasteiger partial charge in [0, 0.05) is 0 Å². The molecule has 0 unspecified atom stereocenters. The predicted molar refractivity (Wildman–Crippen MR) is 50.6 cm³/mol. The minimum Gasteiger partial charge on any atom is -0.418 e. The number of aromatic nitrogens is 2. The van der Waals surface area contributed by atoms with E-state index in [1.807, 2.05) is 24.7 Å². The Balaban J connectivity index is 0.000000336. The van der Waals surface area contributed by atoms with Gasteiger partial charge in [-0.15, -0.1) is 0 Å². The molecular weight excluding hydrogens is 211 g/mol. The third-order valence-electron chi connectivity index (χ3n) is 1.38. The molecule has 15 heavy (non-hydrogen) atoms. The summed E-state index contributed by atoms with van der Waals surface area (Å²) < 4.78 is 43.2. The van der Waals surface area contributed by atoms with Crippen LogP contribution in [-0.4, -0.2) is 11.8 Å². The molecule has 1 rings (SSSR count). The second-order valence-electron chi connectivity index (χ2n) is 2.84. The predicted octanol–water partition coefficient (Wildman–Crippen LogP) is 2.19. The number of imidazole rings is 1. The molecule has 1 aromatic heterocycles. The number of rotatable bonds is 2. The topological polar surface area (TPSA) is 8.81 Å². The largest absolute Gasteiger partial charge is 0.673 e. The summed E-state index contributed by atoms with van der Waals surface area (Å²) in [6.45, 7) is 3.00. The summed E-state index contributed by atoms with van der Waals surface area (Å²) >= 11 is 0. The lowest BCUT2D eigenvalue weighted by atomic mass is 10.3. The number of hydrogen-bond donors (Lipinski definition) is 0. The van der Waals surface area contributed by atoms with Gasteiger partial charge in [-0.25, -0.2) is 9.13 Å². The van der Waals surface area contributed by atoms with Crippen LogP contribution in [0, 0.1) is 0 Å². The summed E-state index contributed by atoms with van der Waals surface area (Å²) in [6, 6.07) is 0. The highest BCUT2D eigenvalue weighted by Crippen LogP contribution is 2.06. The van der Waals surface area contributed by atoms with Crippen LogP contribution in [0.25, 0.3) is 0 Å². The molecule has 0 N–H and O–H groups in total. The fraction of sp³-hybridized carbons (Fsp3) is 0.375. The van der Waals surface area contributed by atoms with Gasteiger partial charge in [-0.2, -0.15) is 0 Å². The van der Waals surface area contributed by atoms with Gasteiger partial charge in [-0.05, 0) is 13.0 Å². The molecule has 0 bridgehead atoms. The maximum Gasteiger partial charge on any atom is 0.673 e. The Kier molecular flexibility index (Phi) is 5.73. The summed E-state index contributed by atoms with van der Waals surface area (Å²) in [7, 11) is -3.98. The maximum absolute atomic E-state index is 9.75. The van der Waals surface area contributed by atoms with Gasteiger partial charge < -0.3 is 17.3 Å². The smallest absolute Gasteiger partial charge is 0.418 e. The van der Waals surface area contributed by atoms with Crippen LogP contribution in [0.5, 0.6) is 0 Å². The summed E-state index contributed by atoms with van der Waals surface area (Å²) in [6.07, 6.45) is 10.3. The molecule has 0 atom stereocenters. The van der Waals surface area contributed by atoms with Gasteiger partial charge in [-0.3, -0.25) is 0 Å².